The van der Waals surface area contributed by atoms with Gasteiger partial charge in [-0.1, -0.05) is 19.8 Å². The van der Waals surface area contributed by atoms with Gasteiger partial charge in [-0.05, 0) is 20.3 Å². The molecule has 0 aromatic carbocycles. The van der Waals surface area contributed by atoms with Crippen LogP contribution >= 0.6 is 0 Å². The Morgan fingerprint density at radius 2 is 2.09 bits per heavy atom. The van der Waals surface area contributed by atoms with E-state index >= 15 is 0 Å². The van der Waals surface area contributed by atoms with Crippen molar-refractivity contribution in [2.24, 2.45) is 0 Å². The van der Waals surface area contributed by atoms with Gasteiger partial charge in [0.15, 0.2) is 0 Å². The Morgan fingerprint density at radius 3 is 2.45 bits per heavy atom. The first-order valence-electron chi connectivity index (χ1n) is 4.44. The van der Waals surface area contributed by atoms with Crippen LogP contribution in [0.5, 0.6) is 0 Å². The average molecular weight is 158 g/mol. The third-order valence-corrected chi connectivity index (χ3v) is 2.26. The van der Waals surface area contributed by atoms with Gasteiger partial charge in [-0.15, -0.1) is 0 Å². The zero-order chi connectivity index (χ0) is 8.48. The molecule has 0 saturated carbocycles. The second-order valence-electron chi connectivity index (χ2n) is 3.85. The van der Waals surface area contributed by atoms with Gasteiger partial charge in [0.05, 0.1) is 11.7 Å². The van der Waals surface area contributed by atoms with E-state index in [4.69, 9.17) is 4.74 Å². The molecule has 1 N–H and O–H groups in total. The molecule has 1 aliphatic rings. The molecule has 11 heavy (non-hydrogen) atoms. The fraction of sp³-hybridized carbons (Fsp3) is 1.00. The monoisotopic (exact) mass is 158 g/mol. The van der Waals surface area contributed by atoms with E-state index in [-0.39, 0.29) is 17.8 Å². The topological polar surface area (TPSA) is 32.8 Å². The standard InChI is InChI=1S/C9H18O2/c1-4-5-6-7(10)8-9(2,3)11-8/h7-8,10H,4-6H2,1-3H3/t7-,8+/m1/s1. The lowest BCUT2D eigenvalue weighted by Crippen LogP contribution is -2.20. The smallest absolute Gasteiger partial charge is 0.113 e. The van der Waals surface area contributed by atoms with Gasteiger partial charge in [0.25, 0.3) is 0 Å². The van der Waals surface area contributed by atoms with E-state index in [2.05, 4.69) is 6.92 Å². The van der Waals surface area contributed by atoms with Crippen molar-refractivity contribution in [1.82, 2.24) is 0 Å². The third kappa shape index (κ3) is 2.17. The van der Waals surface area contributed by atoms with Crippen molar-refractivity contribution in [1.29, 1.82) is 0 Å². The molecule has 2 nitrogen and oxygen atoms in total. The highest BCUT2D eigenvalue weighted by Gasteiger charge is 2.51. The lowest BCUT2D eigenvalue weighted by Gasteiger charge is -2.06. The van der Waals surface area contributed by atoms with Crippen molar-refractivity contribution in [3.05, 3.63) is 0 Å². The number of epoxide rings is 1. The molecular weight excluding hydrogens is 140 g/mol. The maximum absolute atomic E-state index is 9.53. The predicted molar refractivity (Wildman–Crippen MR) is 44.5 cm³/mol. The minimum absolute atomic E-state index is 0.0623. The van der Waals surface area contributed by atoms with Gasteiger partial charge in [-0.25, -0.2) is 0 Å². The van der Waals surface area contributed by atoms with Crippen molar-refractivity contribution in [3.8, 4) is 0 Å². The summed E-state index contributed by atoms with van der Waals surface area (Å²) in [6.07, 6.45) is 2.96. The van der Waals surface area contributed by atoms with Gasteiger partial charge in [0, 0.05) is 0 Å². The minimum atomic E-state index is -0.245. The van der Waals surface area contributed by atoms with E-state index < -0.39 is 0 Å². The summed E-state index contributed by atoms with van der Waals surface area (Å²) >= 11 is 0. The van der Waals surface area contributed by atoms with Crippen molar-refractivity contribution in [2.75, 3.05) is 0 Å². The number of aliphatic hydroxyl groups excluding tert-OH is 1. The Bertz CT molecular complexity index is 132. The first kappa shape index (κ1) is 9.01. The molecule has 0 radical (unpaired) electrons. The highest BCUT2D eigenvalue weighted by Crippen LogP contribution is 2.38. The van der Waals surface area contributed by atoms with Gasteiger partial charge in [-0.2, -0.15) is 0 Å². The number of unbranched alkanes of at least 4 members (excludes halogenated alkanes) is 1. The number of ether oxygens (including phenoxy) is 1. The van der Waals surface area contributed by atoms with Gasteiger partial charge in [0.2, 0.25) is 0 Å². The van der Waals surface area contributed by atoms with Crippen molar-refractivity contribution >= 4 is 0 Å². The zero-order valence-corrected chi connectivity index (χ0v) is 7.63. The van der Waals surface area contributed by atoms with Crippen LogP contribution in [-0.4, -0.2) is 22.9 Å². The van der Waals surface area contributed by atoms with E-state index in [0.29, 0.717) is 0 Å². The third-order valence-electron chi connectivity index (χ3n) is 2.26. The second-order valence-corrected chi connectivity index (χ2v) is 3.85. The van der Waals surface area contributed by atoms with Crippen LogP contribution in [0.25, 0.3) is 0 Å². The maximum Gasteiger partial charge on any atom is 0.113 e. The molecule has 0 amide bonds. The van der Waals surface area contributed by atoms with Gasteiger partial charge in [-0.3, -0.25) is 0 Å². The molecule has 0 bridgehead atoms. The Kier molecular flexibility index (Phi) is 2.55. The molecule has 66 valence electrons. The lowest BCUT2D eigenvalue weighted by atomic mass is 10.0. The molecule has 1 aliphatic heterocycles. The second kappa shape index (κ2) is 3.11. The van der Waals surface area contributed by atoms with Gasteiger partial charge in [0.1, 0.15) is 6.10 Å². The Labute approximate surface area is 68.6 Å². The Morgan fingerprint density at radius 1 is 1.55 bits per heavy atom. The summed E-state index contributed by atoms with van der Waals surface area (Å²) in [5, 5.41) is 9.53. The van der Waals surface area contributed by atoms with E-state index in [9.17, 15) is 5.11 Å². The molecule has 1 saturated heterocycles. The highest BCUT2D eigenvalue weighted by molar-refractivity contribution is 4.99. The summed E-state index contributed by atoms with van der Waals surface area (Å²) in [7, 11) is 0. The largest absolute Gasteiger partial charge is 0.390 e. The maximum atomic E-state index is 9.53. The van der Waals surface area contributed by atoms with Crippen LogP contribution < -0.4 is 0 Å². The fourth-order valence-corrected chi connectivity index (χ4v) is 1.40. The molecule has 1 fully saturated rings. The van der Waals surface area contributed by atoms with Crippen LogP contribution in [0.1, 0.15) is 40.0 Å². The van der Waals surface area contributed by atoms with Crippen LogP contribution in [0.15, 0.2) is 0 Å². The fourth-order valence-electron chi connectivity index (χ4n) is 1.40. The molecule has 0 unspecified atom stereocenters. The van der Waals surface area contributed by atoms with Crippen LogP contribution in [-0.2, 0) is 4.74 Å². The summed E-state index contributed by atoms with van der Waals surface area (Å²) in [6, 6.07) is 0. The van der Waals surface area contributed by atoms with Crippen LogP contribution in [0.3, 0.4) is 0 Å². The SMILES string of the molecule is CCCC[C@@H](O)[C@@H]1OC1(C)C. The summed E-state index contributed by atoms with van der Waals surface area (Å²) in [4.78, 5) is 0. The van der Waals surface area contributed by atoms with Crippen molar-refractivity contribution in [3.63, 3.8) is 0 Å². The van der Waals surface area contributed by atoms with Gasteiger partial charge >= 0.3 is 0 Å². The molecule has 0 spiro atoms. The van der Waals surface area contributed by atoms with E-state index in [0.717, 1.165) is 19.3 Å². The minimum Gasteiger partial charge on any atom is -0.390 e. The van der Waals surface area contributed by atoms with Gasteiger partial charge < -0.3 is 9.84 Å². The Balaban J connectivity index is 2.17. The molecule has 2 atom stereocenters. The summed E-state index contributed by atoms with van der Waals surface area (Å²) in [6.45, 7) is 6.17. The normalized spacial score (nSPS) is 30.0. The molecule has 0 aliphatic carbocycles. The number of hydrogen-bond donors (Lipinski definition) is 1. The van der Waals surface area contributed by atoms with E-state index in [1.54, 1.807) is 0 Å². The number of aliphatic hydroxyl groups is 1. The number of rotatable bonds is 4. The average Bonchev–Trinajstić information content (AvgIpc) is 2.55. The highest BCUT2D eigenvalue weighted by atomic mass is 16.6. The quantitative estimate of drug-likeness (QED) is 0.632. The molecule has 1 heterocycles. The molecule has 1 rings (SSSR count). The molecule has 0 aromatic rings. The summed E-state index contributed by atoms with van der Waals surface area (Å²) < 4.78 is 5.31. The van der Waals surface area contributed by atoms with Crippen LogP contribution in [0.2, 0.25) is 0 Å². The van der Waals surface area contributed by atoms with Crippen LogP contribution in [0, 0.1) is 0 Å². The summed E-state index contributed by atoms with van der Waals surface area (Å²) in [5.41, 5.74) is -0.0623. The van der Waals surface area contributed by atoms with Crippen molar-refractivity contribution in [2.45, 2.75) is 57.8 Å². The molecule has 0 aromatic heterocycles. The first-order valence-corrected chi connectivity index (χ1v) is 4.44. The van der Waals surface area contributed by atoms with Crippen molar-refractivity contribution < 1.29 is 9.84 Å². The first-order chi connectivity index (χ1) is 5.08. The Hall–Kier alpha value is -0.0800. The molecular formula is C9H18O2. The summed E-state index contributed by atoms with van der Waals surface area (Å²) in [5.74, 6) is 0. The predicted octanol–water partition coefficient (Wildman–Crippen LogP) is 1.71. The number of hydrogen-bond acceptors (Lipinski definition) is 2. The van der Waals surface area contributed by atoms with E-state index in [1.807, 2.05) is 13.8 Å². The van der Waals surface area contributed by atoms with E-state index in [1.165, 1.54) is 0 Å². The lowest BCUT2D eigenvalue weighted by molar-refractivity contribution is 0.124. The van der Waals surface area contributed by atoms with Crippen LogP contribution in [0.4, 0.5) is 0 Å². The molecule has 2 heteroatoms. The zero-order valence-electron chi connectivity index (χ0n) is 7.63.